The van der Waals surface area contributed by atoms with Gasteiger partial charge in [-0.3, -0.25) is 0 Å². The molecule has 0 saturated carbocycles. The summed E-state index contributed by atoms with van der Waals surface area (Å²) in [7, 11) is 0. The molecule has 3 rings (SSSR count). The topological polar surface area (TPSA) is 39.0 Å². The van der Waals surface area contributed by atoms with Crippen molar-refractivity contribution in [2.75, 3.05) is 5.32 Å². The number of para-hydroxylation sites is 1. The van der Waals surface area contributed by atoms with Gasteiger partial charge in [0.15, 0.2) is 17.4 Å². The number of pyridine rings is 1. The van der Waals surface area contributed by atoms with E-state index in [2.05, 4.69) is 5.32 Å². The molecule has 1 heterocycles. The van der Waals surface area contributed by atoms with Crippen LogP contribution in [0.5, 0.6) is 0 Å². The zero-order valence-electron chi connectivity index (χ0n) is 14.1. The van der Waals surface area contributed by atoms with E-state index in [-0.39, 0.29) is 5.76 Å². The molecule has 0 saturated heterocycles. The van der Waals surface area contributed by atoms with Crippen LogP contribution in [0, 0.1) is 6.92 Å². The summed E-state index contributed by atoms with van der Waals surface area (Å²) in [5.41, 5.74) is 2.70. The lowest BCUT2D eigenvalue weighted by atomic mass is 10.1. The quantitative estimate of drug-likeness (QED) is 0.321. The molecule has 130 valence electrons. The molecule has 26 heavy (non-hydrogen) atoms. The first-order chi connectivity index (χ1) is 12.5. The minimum Gasteiger partial charge on any atom is -0.867 e. The van der Waals surface area contributed by atoms with E-state index in [1.165, 1.54) is 0 Å². The number of halogens is 1. The first-order valence-electron chi connectivity index (χ1n) is 8.06. The number of hydrogen-bond donors (Lipinski definition) is 1. The van der Waals surface area contributed by atoms with Crippen molar-refractivity contribution >= 4 is 46.0 Å². The van der Waals surface area contributed by atoms with E-state index in [0.29, 0.717) is 21.3 Å². The van der Waals surface area contributed by atoms with E-state index in [1.807, 2.05) is 61.8 Å². The van der Waals surface area contributed by atoms with Crippen LogP contribution < -0.4 is 15.0 Å². The standard InChI is InChI=1S/C21H17ClN2OS/c1-15-7-6-12-24(14-15)19(20(25)16-8-5-9-17(22)13-16)21(26)23-18-10-3-2-4-11-18/h2-14H,1H3,(H-,23,25,26). The average Bonchev–Trinajstić information content (AvgIpc) is 2.63. The molecule has 0 fully saturated rings. The lowest BCUT2D eigenvalue weighted by Gasteiger charge is -2.17. The third-order valence-corrected chi connectivity index (χ3v) is 4.29. The van der Waals surface area contributed by atoms with E-state index < -0.39 is 0 Å². The summed E-state index contributed by atoms with van der Waals surface area (Å²) in [6.45, 7) is 1.96. The maximum Gasteiger partial charge on any atom is 0.238 e. The third-order valence-electron chi connectivity index (χ3n) is 3.76. The fourth-order valence-corrected chi connectivity index (χ4v) is 3.05. The molecule has 2 aromatic carbocycles. The Morgan fingerprint density at radius 3 is 2.50 bits per heavy atom. The summed E-state index contributed by atoms with van der Waals surface area (Å²) in [4.78, 5) is 0.344. The molecule has 3 aromatic rings. The summed E-state index contributed by atoms with van der Waals surface area (Å²) >= 11 is 11.6. The van der Waals surface area contributed by atoms with Crippen molar-refractivity contribution < 1.29 is 9.67 Å². The van der Waals surface area contributed by atoms with Gasteiger partial charge in [-0.15, -0.1) is 0 Å². The van der Waals surface area contributed by atoms with Crippen molar-refractivity contribution in [1.82, 2.24) is 0 Å². The first kappa shape index (κ1) is 18.1. The van der Waals surface area contributed by atoms with Gasteiger partial charge in [0, 0.05) is 22.3 Å². The highest BCUT2D eigenvalue weighted by Crippen LogP contribution is 2.20. The Morgan fingerprint density at radius 1 is 1.04 bits per heavy atom. The second-order valence-electron chi connectivity index (χ2n) is 5.80. The molecule has 0 unspecified atom stereocenters. The van der Waals surface area contributed by atoms with Gasteiger partial charge in [-0.1, -0.05) is 54.2 Å². The van der Waals surface area contributed by atoms with Gasteiger partial charge in [0.1, 0.15) is 0 Å². The van der Waals surface area contributed by atoms with Crippen LogP contribution in [-0.4, -0.2) is 4.99 Å². The predicted octanol–water partition coefficient (Wildman–Crippen LogP) is 4.06. The highest BCUT2D eigenvalue weighted by molar-refractivity contribution is 7.81. The Bertz CT molecular complexity index is 971. The second kappa shape index (κ2) is 8.13. The molecule has 0 amide bonds. The van der Waals surface area contributed by atoms with Crippen molar-refractivity contribution in [3.05, 3.63) is 95.3 Å². The Hall–Kier alpha value is -2.69. The maximum absolute atomic E-state index is 13.2. The molecule has 3 nitrogen and oxygen atoms in total. The number of aryl methyl sites for hydroxylation is 1. The molecule has 0 atom stereocenters. The normalized spacial score (nSPS) is 11.6. The number of benzene rings is 2. The minimum absolute atomic E-state index is 0.198. The Balaban J connectivity index is 2.10. The zero-order valence-corrected chi connectivity index (χ0v) is 15.7. The number of thiocarbonyl (C=S) groups is 1. The molecule has 1 N–H and O–H groups in total. The van der Waals surface area contributed by atoms with Crippen LogP contribution in [0.4, 0.5) is 5.69 Å². The molecule has 5 heteroatoms. The van der Waals surface area contributed by atoms with Crippen LogP contribution in [0.25, 0.3) is 11.5 Å². The van der Waals surface area contributed by atoms with Crippen LogP contribution >= 0.6 is 23.8 Å². The van der Waals surface area contributed by atoms with Gasteiger partial charge in [-0.2, -0.15) is 4.57 Å². The van der Waals surface area contributed by atoms with Gasteiger partial charge >= 0.3 is 0 Å². The number of rotatable bonds is 4. The average molecular weight is 381 g/mol. The summed E-state index contributed by atoms with van der Waals surface area (Å²) in [5.74, 6) is -0.198. The molecular weight excluding hydrogens is 364 g/mol. The minimum atomic E-state index is -0.198. The van der Waals surface area contributed by atoms with E-state index in [0.717, 1.165) is 11.3 Å². The number of nitrogens with one attached hydrogen (secondary N) is 1. The summed E-state index contributed by atoms with van der Waals surface area (Å²) in [6.07, 6.45) is 3.68. The highest BCUT2D eigenvalue weighted by atomic mass is 35.5. The van der Waals surface area contributed by atoms with Crippen LogP contribution in [0.2, 0.25) is 5.02 Å². The number of hydrogen-bond acceptors (Lipinski definition) is 2. The van der Waals surface area contributed by atoms with Gasteiger partial charge in [-0.25, -0.2) is 0 Å². The fraction of sp³-hybridized carbons (Fsp3) is 0.0476. The molecular formula is C21H17ClN2OS. The monoisotopic (exact) mass is 380 g/mol. The van der Waals surface area contributed by atoms with Gasteiger partial charge in [0.05, 0.1) is 0 Å². The molecule has 0 radical (unpaired) electrons. The van der Waals surface area contributed by atoms with Gasteiger partial charge in [0.25, 0.3) is 0 Å². The molecule has 1 aromatic heterocycles. The van der Waals surface area contributed by atoms with Crippen molar-refractivity contribution in [2.24, 2.45) is 0 Å². The van der Waals surface area contributed by atoms with Crippen LogP contribution in [-0.2, 0) is 0 Å². The predicted molar refractivity (Wildman–Crippen MR) is 109 cm³/mol. The number of aromatic nitrogens is 1. The van der Waals surface area contributed by atoms with Crippen LogP contribution in [0.15, 0.2) is 79.1 Å². The van der Waals surface area contributed by atoms with Crippen molar-refractivity contribution in [2.45, 2.75) is 6.92 Å². The second-order valence-corrected chi connectivity index (χ2v) is 6.64. The largest absolute Gasteiger partial charge is 0.867 e. The summed E-state index contributed by atoms with van der Waals surface area (Å²) < 4.78 is 1.75. The van der Waals surface area contributed by atoms with Crippen LogP contribution in [0.3, 0.4) is 0 Å². The first-order valence-corrected chi connectivity index (χ1v) is 8.85. The Kier molecular flexibility index (Phi) is 5.66. The maximum atomic E-state index is 13.2. The van der Waals surface area contributed by atoms with Crippen molar-refractivity contribution in [1.29, 1.82) is 0 Å². The zero-order chi connectivity index (χ0) is 18.5. The van der Waals surface area contributed by atoms with E-state index >= 15 is 0 Å². The van der Waals surface area contributed by atoms with Crippen molar-refractivity contribution in [3.8, 4) is 0 Å². The highest BCUT2D eigenvalue weighted by Gasteiger charge is 2.19. The lowest BCUT2D eigenvalue weighted by Crippen LogP contribution is -2.40. The van der Waals surface area contributed by atoms with E-state index in [9.17, 15) is 5.11 Å². The van der Waals surface area contributed by atoms with Crippen molar-refractivity contribution in [3.63, 3.8) is 0 Å². The number of nitrogens with zero attached hydrogens (tertiary/aromatic N) is 1. The Labute approximate surface area is 163 Å². The fourth-order valence-electron chi connectivity index (χ4n) is 2.55. The molecule has 0 aliphatic rings. The van der Waals surface area contributed by atoms with Gasteiger partial charge < -0.3 is 10.4 Å². The van der Waals surface area contributed by atoms with E-state index in [1.54, 1.807) is 28.8 Å². The molecule has 0 aliphatic heterocycles. The molecule has 0 bridgehead atoms. The number of anilines is 1. The van der Waals surface area contributed by atoms with E-state index in [4.69, 9.17) is 23.8 Å². The van der Waals surface area contributed by atoms with Gasteiger partial charge in [0.2, 0.25) is 5.70 Å². The summed E-state index contributed by atoms with van der Waals surface area (Å²) in [6, 6.07) is 20.2. The molecule has 0 aliphatic carbocycles. The van der Waals surface area contributed by atoms with Crippen LogP contribution in [0.1, 0.15) is 11.1 Å². The SMILES string of the molecule is Cc1ccc[n+](C(C(=S)Nc2ccccc2)=C([O-])c2cccc(Cl)c2)c1. The summed E-state index contributed by atoms with van der Waals surface area (Å²) in [5, 5.41) is 16.8. The lowest BCUT2D eigenvalue weighted by molar-refractivity contribution is -0.578. The smallest absolute Gasteiger partial charge is 0.238 e. The third kappa shape index (κ3) is 4.28. The Morgan fingerprint density at radius 2 is 1.81 bits per heavy atom. The van der Waals surface area contributed by atoms with Gasteiger partial charge in [-0.05, 0) is 48.6 Å². The molecule has 0 spiro atoms.